The number of ether oxygens (including phenoxy) is 1. The molecule has 1 aromatic carbocycles. The summed E-state index contributed by atoms with van der Waals surface area (Å²) in [5, 5.41) is 12.1. The third-order valence-electron chi connectivity index (χ3n) is 2.76. The average molecular weight is 384 g/mol. The van der Waals surface area contributed by atoms with Gasteiger partial charge in [0, 0.05) is 5.56 Å². The highest BCUT2D eigenvalue weighted by atomic mass is 79.9. The van der Waals surface area contributed by atoms with Crippen LogP contribution in [0.3, 0.4) is 0 Å². The monoisotopic (exact) mass is 383 g/mol. The van der Waals surface area contributed by atoms with Crippen molar-refractivity contribution in [3.05, 3.63) is 33.2 Å². The van der Waals surface area contributed by atoms with Gasteiger partial charge in [-0.25, -0.2) is 0 Å². The van der Waals surface area contributed by atoms with Crippen LogP contribution < -0.4 is 10.1 Å². The van der Waals surface area contributed by atoms with E-state index < -0.39 is 0 Å². The third-order valence-corrected chi connectivity index (χ3v) is 4.36. The van der Waals surface area contributed by atoms with Crippen LogP contribution in [0.1, 0.15) is 36.1 Å². The van der Waals surface area contributed by atoms with Crippen molar-refractivity contribution in [2.75, 3.05) is 11.9 Å². The van der Waals surface area contributed by atoms with Crippen LogP contribution in [0.2, 0.25) is 0 Å². The summed E-state index contributed by atoms with van der Waals surface area (Å²) in [7, 11) is 0. The van der Waals surface area contributed by atoms with E-state index in [4.69, 9.17) is 4.74 Å². The summed E-state index contributed by atoms with van der Waals surface area (Å²) in [6, 6.07) is 5.27. The van der Waals surface area contributed by atoms with Crippen molar-refractivity contribution in [1.29, 1.82) is 0 Å². The van der Waals surface area contributed by atoms with E-state index in [-0.39, 0.29) is 5.91 Å². The van der Waals surface area contributed by atoms with Crippen molar-refractivity contribution in [3.8, 4) is 5.75 Å². The lowest BCUT2D eigenvalue weighted by Crippen LogP contribution is -2.12. The minimum absolute atomic E-state index is 0.213. The molecule has 0 bridgehead atoms. The van der Waals surface area contributed by atoms with Crippen LogP contribution in [0.25, 0.3) is 0 Å². The molecule has 5 nitrogen and oxygen atoms in total. The molecule has 0 fully saturated rings. The summed E-state index contributed by atoms with van der Waals surface area (Å²) >= 11 is 4.82. The van der Waals surface area contributed by atoms with Crippen molar-refractivity contribution >= 4 is 38.3 Å². The largest absolute Gasteiger partial charge is 0.492 e. The molecule has 7 heteroatoms. The van der Waals surface area contributed by atoms with Gasteiger partial charge in [-0.15, -0.1) is 10.2 Å². The van der Waals surface area contributed by atoms with Gasteiger partial charge in [0.15, 0.2) is 0 Å². The van der Waals surface area contributed by atoms with Gasteiger partial charge < -0.3 is 4.74 Å². The summed E-state index contributed by atoms with van der Waals surface area (Å²) < 4.78 is 6.43. The summed E-state index contributed by atoms with van der Waals surface area (Å²) in [6.07, 6.45) is 0.807. The van der Waals surface area contributed by atoms with Crippen molar-refractivity contribution in [2.24, 2.45) is 5.92 Å². The van der Waals surface area contributed by atoms with Crippen molar-refractivity contribution in [3.63, 3.8) is 0 Å². The van der Waals surface area contributed by atoms with E-state index >= 15 is 0 Å². The van der Waals surface area contributed by atoms with E-state index in [0.717, 1.165) is 21.7 Å². The van der Waals surface area contributed by atoms with Gasteiger partial charge in [-0.1, -0.05) is 32.1 Å². The number of nitrogens with zero attached hydrogens (tertiary/aromatic N) is 2. The summed E-state index contributed by atoms with van der Waals surface area (Å²) in [6.45, 7) is 6.80. The minimum Gasteiger partial charge on any atom is -0.492 e. The van der Waals surface area contributed by atoms with Crippen molar-refractivity contribution in [2.45, 2.75) is 27.2 Å². The highest BCUT2D eigenvalue weighted by Crippen LogP contribution is 2.27. The molecule has 0 spiro atoms. The van der Waals surface area contributed by atoms with E-state index in [9.17, 15) is 4.79 Å². The first-order chi connectivity index (χ1) is 10.5. The number of hydrogen-bond donors (Lipinski definition) is 1. The molecule has 0 aliphatic carbocycles. The number of anilines is 1. The van der Waals surface area contributed by atoms with E-state index in [2.05, 4.69) is 45.3 Å². The van der Waals surface area contributed by atoms with Crippen LogP contribution in [0.4, 0.5) is 5.13 Å². The first-order valence-electron chi connectivity index (χ1n) is 7.05. The molecule has 0 saturated heterocycles. The van der Waals surface area contributed by atoms with Crippen LogP contribution in [-0.2, 0) is 6.42 Å². The Bertz CT molecular complexity index is 658. The molecular formula is C15H18BrN3O2S. The molecule has 0 aliphatic heterocycles. The molecule has 0 aliphatic rings. The standard InChI is InChI=1S/C15H18BrN3O2S/c1-4-13-18-19-15(22-13)17-14(20)10-5-6-12(11(16)7-10)21-8-9(2)3/h5-7,9H,4,8H2,1-3H3,(H,17,19,20). The van der Waals surface area contributed by atoms with Gasteiger partial charge in [0.25, 0.3) is 5.91 Å². The number of benzene rings is 1. The Kier molecular flexibility index (Phi) is 5.90. The van der Waals surface area contributed by atoms with Crippen molar-refractivity contribution < 1.29 is 9.53 Å². The van der Waals surface area contributed by atoms with Crippen LogP contribution >= 0.6 is 27.3 Å². The Labute approximate surface area is 142 Å². The molecule has 1 aromatic heterocycles. The van der Waals surface area contributed by atoms with Gasteiger partial charge >= 0.3 is 0 Å². The minimum atomic E-state index is -0.213. The summed E-state index contributed by atoms with van der Waals surface area (Å²) in [4.78, 5) is 12.2. The van der Waals surface area contributed by atoms with Gasteiger partial charge in [0.1, 0.15) is 10.8 Å². The first-order valence-corrected chi connectivity index (χ1v) is 8.66. The van der Waals surface area contributed by atoms with Crippen LogP contribution in [-0.4, -0.2) is 22.7 Å². The summed E-state index contributed by atoms with van der Waals surface area (Å²) in [5.41, 5.74) is 0.539. The normalized spacial score (nSPS) is 10.8. The van der Waals surface area contributed by atoms with E-state index in [1.54, 1.807) is 18.2 Å². The fourth-order valence-electron chi connectivity index (χ4n) is 1.63. The van der Waals surface area contributed by atoms with Gasteiger partial charge in [-0.05, 0) is 46.5 Å². The number of carbonyl (C=O) groups excluding carboxylic acids is 1. The SMILES string of the molecule is CCc1nnc(NC(=O)c2ccc(OCC(C)C)c(Br)c2)s1. The number of halogens is 1. The van der Waals surface area contributed by atoms with Gasteiger partial charge in [0.05, 0.1) is 11.1 Å². The number of amides is 1. The molecule has 1 heterocycles. The fourth-order valence-corrected chi connectivity index (χ4v) is 2.80. The predicted octanol–water partition coefficient (Wildman–Crippen LogP) is 4.15. The second-order valence-corrected chi connectivity index (χ2v) is 7.08. The lowest BCUT2D eigenvalue weighted by atomic mass is 10.2. The predicted molar refractivity (Wildman–Crippen MR) is 91.7 cm³/mol. The topological polar surface area (TPSA) is 64.1 Å². The van der Waals surface area contributed by atoms with Gasteiger partial charge in [0.2, 0.25) is 5.13 Å². The van der Waals surface area contributed by atoms with E-state index in [0.29, 0.717) is 23.2 Å². The molecule has 0 unspecified atom stereocenters. The van der Waals surface area contributed by atoms with Crippen LogP contribution in [0.15, 0.2) is 22.7 Å². The smallest absolute Gasteiger partial charge is 0.257 e. The molecule has 0 radical (unpaired) electrons. The highest BCUT2D eigenvalue weighted by Gasteiger charge is 2.12. The second kappa shape index (κ2) is 7.69. The molecule has 0 atom stereocenters. The molecule has 2 aromatic rings. The Balaban J connectivity index is 2.05. The zero-order valence-electron chi connectivity index (χ0n) is 12.7. The van der Waals surface area contributed by atoms with Crippen LogP contribution in [0.5, 0.6) is 5.75 Å². The first kappa shape index (κ1) is 16.9. The molecule has 0 saturated carbocycles. The van der Waals surface area contributed by atoms with Gasteiger partial charge in [-0.3, -0.25) is 10.1 Å². The number of rotatable bonds is 6. The molecule has 22 heavy (non-hydrogen) atoms. The number of nitrogens with one attached hydrogen (secondary N) is 1. The van der Waals surface area contributed by atoms with Crippen LogP contribution in [0, 0.1) is 5.92 Å². The lowest BCUT2D eigenvalue weighted by molar-refractivity contribution is 0.102. The second-order valence-electron chi connectivity index (χ2n) is 5.16. The lowest BCUT2D eigenvalue weighted by Gasteiger charge is -2.11. The zero-order valence-corrected chi connectivity index (χ0v) is 15.1. The maximum Gasteiger partial charge on any atom is 0.257 e. The summed E-state index contributed by atoms with van der Waals surface area (Å²) in [5.74, 6) is 0.962. The Morgan fingerprint density at radius 2 is 2.18 bits per heavy atom. The quantitative estimate of drug-likeness (QED) is 0.813. The number of aromatic nitrogens is 2. The Morgan fingerprint density at radius 3 is 2.77 bits per heavy atom. The molecule has 118 valence electrons. The van der Waals surface area contributed by atoms with E-state index in [1.165, 1.54) is 11.3 Å². The molecular weight excluding hydrogens is 366 g/mol. The third kappa shape index (κ3) is 4.51. The molecule has 2 rings (SSSR count). The maximum atomic E-state index is 12.2. The molecule has 1 N–H and O–H groups in total. The van der Waals surface area contributed by atoms with Crippen molar-refractivity contribution in [1.82, 2.24) is 10.2 Å². The number of hydrogen-bond acceptors (Lipinski definition) is 5. The van der Waals surface area contributed by atoms with E-state index in [1.807, 2.05) is 6.92 Å². The average Bonchev–Trinajstić information content (AvgIpc) is 2.93. The maximum absolute atomic E-state index is 12.2. The van der Waals surface area contributed by atoms with Gasteiger partial charge in [-0.2, -0.15) is 0 Å². The molecule has 1 amide bonds. The fraction of sp³-hybridized carbons (Fsp3) is 0.400. The Hall–Kier alpha value is -1.47. The zero-order chi connectivity index (χ0) is 16.1. The highest BCUT2D eigenvalue weighted by molar-refractivity contribution is 9.10. The number of carbonyl (C=O) groups is 1. The Morgan fingerprint density at radius 1 is 1.41 bits per heavy atom. The number of aryl methyl sites for hydroxylation is 1.